The van der Waals surface area contributed by atoms with Gasteiger partial charge in [0.1, 0.15) is 5.75 Å². The van der Waals surface area contributed by atoms with E-state index in [2.05, 4.69) is 26.1 Å². The van der Waals surface area contributed by atoms with Crippen molar-refractivity contribution in [3.05, 3.63) is 29.8 Å². The average Bonchev–Trinajstić information content (AvgIpc) is 2.39. The lowest BCUT2D eigenvalue weighted by molar-refractivity contribution is -0.122. The molecule has 0 radical (unpaired) electrons. The Kier molecular flexibility index (Phi) is 6.69. The van der Waals surface area contributed by atoms with Crippen LogP contribution in [0.3, 0.4) is 0 Å². The SMILES string of the molecule is CC(C)(C)CCCC(=O)N[C@H](CO)Cc1ccc(O)cc1. The van der Waals surface area contributed by atoms with E-state index >= 15 is 0 Å². The molecule has 21 heavy (non-hydrogen) atoms. The van der Waals surface area contributed by atoms with Crippen LogP contribution in [0.4, 0.5) is 0 Å². The number of benzene rings is 1. The number of nitrogens with one attached hydrogen (secondary N) is 1. The van der Waals surface area contributed by atoms with Gasteiger partial charge in [-0.2, -0.15) is 0 Å². The molecule has 1 aromatic rings. The number of phenolic OH excluding ortho intramolecular Hbond substituents is 1. The highest BCUT2D eigenvalue weighted by molar-refractivity contribution is 5.76. The number of carbonyl (C=O) groups excluding carboxylic acids is 1. The van der Waals surface area contributed by atoms with Crippen molar-refractivity contribution in [3.63, 3.8) is 0 Å². The first kappa shape index (κ1) is 17.5. The molecule has 4 heteroatoms. The second kappa shape index (κ2) is 8.03. The highest BCUT2D eigenvalue weighted by Gasteiger charge is 2.14. The van der Waals surface area contributed by atoms with Gasteiger partial charge in [-0.15, -0.1) is 0 Å². The molecule has 1 amide bonds. The third-order valence-electron chi connectivity index (χ3n) is 3.33. The molecule has 0 saturated carbocycles. The standard InChI is InChI=1S/C17H27NO3/c1-17(2,3)10-4-5-16(21)18-14(12-19)11-13-6-8-15(20)9-7-13/h6-9,14,19-20H,4-5,10-12H2,1-3H3,(H,18,21)/t14-/m0/s1. The molecule has 118 valence electrons. The molecular formula is C17H27NO3. The monoisotopic (exact) mass is 293 g/mol. The summed E-state index contributed by atoms with van der Waals surface area (Å²) in [5.41, 5.74) is 1.21. The fraction of sp³-hybridized carbons (Fsp3) is 0.588. The number of phenols is 1. The molecule has 0 fully saturated rings. The minimum absolute atomic E-state index is 0.0166. The van der Waals surface area contributed by atoms with E-state index in [-0.39, 0.29) is 29.7 Å². The van der Waals surface area contributed by atoms with Crippen LogP contribution in [0, 0.1) is 5.41 Å². The minimum Gasteiger partial charge on any atom is -0.508 e. The smallest absolute Gasteiger partial charge is 0.220 e. The van der Waals surface area contributed by atoms with E-state index < -0.39 is 0 Å². The first-order valence-corrected chi connectivity index (χ1v) is 7.48. The molecule has 1 rings (SSSR count). The lowest BCUT2D eigenvalue weighted by Crippen LogP contribution is -2.39. The Labute approximate surface area is 127 Å². The van der Waals surface area contributed by atoms with Gasteiger partial charge >= 0.3 is 0 Å². The molecule has 0 bridgehead atoms. The number of rotatable bonds is 7. The Morgan fingerprint density at radius 2 is 1.86 bits per heavy atom. The van der Waals surface area contributed by atoms with Crippen LogP contribution in [0.5, 0.6) is 5.75 Å². The predicted octanol–water partition coefficient (Wildman–Crippen LogP) is 2.63. The predicted molar refractivity (Wildman–Crippen MR) is 84.1 cm³/mol. The molecule has 0 aliphatic carbocycles. The lowest BCUT2D eigenvalue weighted by Gasteiger charge is -2.19. The Morgan fingerprint density at radius 1 is 1.24 bits per heavy atom. The van der Waals surface area contributed by atoms with Gasteiger partial charge in [-0.3, -0.25) is 4.79 Å². The van der Waals surface area contributed by atoms with Crippen molar-refractivity contribution in [1.82, 2.24) is 5.32 Å². The van der Waals surface area contributed by atoms with Gasteiger partial charge in [0, 0.05) is 6.42 Å². The molecule has 0 heterocycles. The summed E-state index contributed by atoms with van der Waals surface area (Å²) in [6, 6.07) is 6.52. The Bertz CT molecular complexity index is 434. The molecule has 4 nitrogen and oxygen atoms in total. The van der Waals surface area contributed by atoms with E-state index in [4.69, 9.17) is 0 Å². The van der Waals surface area contributed by atoms with Crippen molar-refractivity contribution in [2.24, 2.45) is 5.41 Å². The largest absolute Gasteiger partial charge is 0.508 e. The highest BCUT2D eigenvalue weighted by atomic mass is 16.3. The van der Waals surface area contributed by atoms with Crippen molar-refractivity contribution in [3.8, 4) is 5.75 Å². The number of amides is 1. The first-order chi connectivity index (χ1) is 9.80. The van der Waals surface area contributed by atoms with Gasteiger partial charge in [-0.25, -0.2) is 0 Å². The van der Waals surface area contributed by atoms with E-state index in [1.807, 2.05) is 0 Å². The average molecular weight is 293 g/mol. The van der Waals surface area contributed by atoms with E-state index in [0.29, 0.717) is 12.8 Å². The quantitative estimate of drug-likeness (QED) is 0.724. The van der Waals surface area contributed by atoms with Crippen LogP contribution in [0.25, 0.3) is 0 Å². The molecule has 0 aliphatic heterocycles. The molecule has 0 aliphatic rings. The van der Waals surface area contributed by atoms with E-state index in [9.17, 15) is 15.0 Å². The van der Waals surface area contributed by atoms with Crippen molar-refractivity contribution < 1.29 is 15.0 Å². The molecule has 1 atom stereocenters. The summed E-state index contributed by atoms with van der Waals surface area (Å²) in [5, 5.41) is 21.5. The molecule has 3 N–H and O–H groups in total. The summed E-state index contributed by atoms with van der Waals surface area (Å²) in [6.07, 6.45) is 2.90. The fourth-order valence-electron chi connectivity index (χ4n) is 2.16. The normalized spacial score (nSPS) is 13.0. The first-order valence-electron chi connectivity index (χ1n) is 7.48. The van der Waals surface area contributed by atoms with Crippen molar-refractivity contribution in [1.29, 1.82) is 0 Å². The van der Waals surface area contributed by atoms with Gasteiger partial charge in [0.25, 0.3) is 0 Å². The Morgan fingerprint density at radius 3 is 2.38 bits per heavy atom. The van der Waals surface area contributed by atoms with Crippen LogP contribution in [0.2, 0.25) is 0 Å². The van der Waals surface area contributed by atoms with Crippen LogP contribution < -0.4 is 5.32 Å². The highest BCUT2D eigenvalue weighted by Crippen LogP contribution is 2.21. The second-order valence-electron chi connectivity index (χ2n) is 6.73. The van der Waals surface area contributed by atoms with Crippen molar-refractivity contribution in [2.75, 3.05) is 6.61 Å². The summed E-state index contributed by atoms with van der Waals surface area (Å²) in [7, 11) is 0. The van der Waals surface area contributed by atoms with Gasteiger partial charge in [-0.05, 0) is 42.4 Å². The number of aliphatic hydroxyl groups excluding tert-OH is 1. The summed E-state index contributed by atoms with van der Waals surface area (Å²) in [4.78, 5) is 11.9. The van der Waals surface area contributed by atoms with Crippen molar-refractivity contribution in [2.45, 2.75) is 52.5 Å². The number of hydrogen-bond acceptors (Lipinski definition) is 3. The number of carbonyl (C=O) groups is 1. The van der Waals surface area contributed by atoms with Crippen LogP contribution in [-0.2, 0) is 11.2 Å². The summed E-state index contributed by atoms with van der Waals surface area (Å²) >= 11 is 0. The number of aliphatic hydroxyl groups is 1. The minimum atomic E-state index is -0.281. The van der Waals surface area contributed by atoms with Gasteiger partial charge in [0.05, 0.1) is 12.6 Å². The van der Waals surface area contributed by atoms with Gasteiger partial charge in [-0.1, -0.05) is 32.9 Å². The van der Waals surface area contributed by atoms with Crippen LogP contribution >= 0.6 is 0 Å². The zero-order valence-electron chi connectivity index (χ0n) is 13.2. The summed E-state index contributed by atoms with van der Waals surface area (Å²) in [6.45, 7) is 6.39. The van der Waals surface area contributed by atoms with Crippen LogP contribution in [0.1, 0.15) is 45.6 Å². The second-order valence-corrected chi connectivity index (χ2v) is 6.73. The summed E-state index contributed by atoms with van der Waals surface area (Å²) in [5.74, 6) is 0.197. The van der Waals surface area contributed by atoms with Crippen LogP contribution in [0.15, 0.2) is 24.3 Å². The summed E-state index contributed by atoms with van der Waals surface area (Å²) < 4.78 is 0. The van der Waals surface area contributed by atoms with Crippen LogP contribution in [-0.4, -0.2) is 28.8 Å². The Balaban J connectivity index is 2.39. The van der Waals surface area contributed by atoms with Crippen molar-refractivity contribution >= 4 is 5.91 Å². The Hall–Kier alpha value is -1.55. The zero-order chi connectivity index (χ0) is 15.9. The number of hydrogen-bond donors (Lipinski definition) is 3. The molecule has 0 saturated heterocycles. The zero-order valence-corrected chi connectivity index (χ0v) is 13.2. The van der Waals surface area contributed by atoms with E-state index in [1.165, 1.54) is 0 Å². The molecule has 1 aromatic carbocycles. The maximum atomic E-state index is 11.9. The molecule has 0 spiro atoms. The molecule has 0 unspecified atom stereocenters. The van der Waals surface area contributed by atoms with E-state index in [1.54, 1.807) is 24.3 Å². The van der Waals surface area contributed by atoms with Gasteiger partial charge in [0.15, 0.2) is 0 Å². The third kappa shape index (κ3) is 7.71. The fourth-order valence-corrected chi connectivity index (χ4v) is 2.16. The maximum absolute atomic E-state index is 11.9. The van der Waals surface area contributed by atoms with Gasteiger partial charge < -0.3 is 15.5 Å². The topological polar surface area (TPSA) is 69.6 Å². The molecule has 0 aromatic heterocycles. The third-order valence-corrected chi connectivity index (χ3v) is 3.33. The lowest BCUT2D eigenvalue weighted by atomic mass is 9.90. The number of aromatic hydroxyl groups is 1. The van der Waals surface area contributed by atoms with E-state index in [0.717, 1.165) is 18.4 Å². The molecular weight excluding hydrogens is 266 g/mol. The maximum Gasteiger partial charge on any atom is 0.220 e. The van der Waals surface area contributed by atoms with Gasteiger partial charge in [0.2, 0.25) is 5.91 Å².